The van der Waals surface area contributed by atoms with Crippen LogP contribution in [0.5, 0.6) is 0 Å². The molecule has 6 heteroatoms. The van der Waals surface area contributed by atoms with Gasteiger partial charge in [-0.2, -0.15) is 11.3 Å². The van der Waals surface area contributed by atoms with Gasteiger partial charge in [0.05, 0.1) is 12.6 Å². The second-order valence-corrected chi connectivity index (χ2v) is 6.39. The van der Waals surface area contributed by atoms with Crippen LogP contribution in [0.3, 0.4) is 0 Å². The number of carbonyl (C=O) groups is 1. The Hall–Kier alpha value is -1.11. The standard InChI is InChI=1S/C15H24N2O3S/c1-11(4-3-6-18)16-15(19)17-8-12(2)20-14(9-17)13-5-7-21-10-13/h5,7,10-12,14,18H,3-4,6,8-9H2,1-2H3,(H,16,19). The molecule has 2 heterocycles. The normalized spacial score (nSPS) is 23.9. The predicted octanol–water partition coefficient (Wildman–Crippen LogP) is 2.38. The van der Waals surface area contributed by atoms with Gasteiger partial charge in [-0.25, -0.2) is 4.79 Å². The van der Waals surface area contributed by atoms with Gasteiger partial charge in [0.2, 0.25) is 0 Å². The van der Waals surface area contributed by atoms with E-state index in [1.807, 2.05) is 30.2 Å². The lowest BCUT2D eigenvalue weighted by Crippen LogP contribution is -2.51. The molecule has 3 unspecified atom stereocenters. The fraction of sp³-hybridized carbons (Fsp3) is 0.667. The van der Waals surface area contributed by atoms with E-state index in [1.54, 1.807) is 11.3 Å². The monoisotopic (exact) mass is 312 g/mol. The summed E-state index contributed by atoms with van der Waals surface area (Å²) >= 11 is 1.64. The van der Waals surface area contributed by atoms with Gasteiger partial charge in [0.15, 0.2) is 0 Å². The van der Waals surface area contributed by atoms with Crippen LogP contribution in [0.2, 0.25) is 0 Å². The quantitative estimate of drug-likeness (QED) is 0.877. The van der Waals surface area contributed by atoms with Crippen LogP contribution in [-0.2, 0) is 4.74 Å². The fourth-order valence-electron chi connectivity index (χ4n) is 2.53. The average Bonchev–Trinajstić information content (AvgIpc) is 2.98. The van der Waals surface area contributed by atoms with E-state index >= 15 is 0 Å². The van der Waals surface area contributed by atoms with Gasteiger partial charge < -0.3 is 20.1 Å². The van der Waals surface area contributed by atoms with E-state index in [1.165, 1.54) is 0 Å². The van der Waals surface area contributed by atoms with E-state index in [0.29, 0.717) is 19.5 Å². The molecule has 118 valence electrons. The van der Waals surface area contributed by atoms with E-state index in [0.717, 1.165) is 12.0 Å². The number of hydrogen-bond donors (Lipinski definition) is 2. The Bertz CT molecular complexity index is 438. The van der Waals surface area contributed by atoms with Gasteiger partial charge in [0, 0.05) is 19.2 Å². The number of aliphatic hydroxyl groups excluding tert-OH is 1. The summed E-state index contributed by atoms with van der Waals surface area (Å²) in [7, 11) is 0. The molecule has 1 aromatic heterocycles. The minimum absolute atomic E-state index is 0.0298. The third-order valence-corrected chi connectivity index (χ3v) is 4.33. The maximum absolute atomic E-state index is 12.3. The molecule has 2 amide bonds. The second-order valence-electron chi connectivity index (χ2n) is 5.61. The van der Waals surface area contributed by atoms with Gasteiger partial charge in [0.25, 0.3) is 0 Å². The zero-order valence-corrected chi connectivity index (χ0v) is 13.4. The first-order valence-corrected chi connectivity index (χ1v) is 8.38. The molecule has 0 saturated carbocycles. The minimum Gasteiger partial charge on any atom is -0.396 e. The Morgan fingerprint density at radius 1 is 1.62 bits per heavy atom. The third kappa shape index (κ3) is 4.69. The van der Waals surface area contributed by atoms with Crippen molar-refractivity contribution in [1.29, 1.82) is 0 Å². The van der Waals surface area contributed by atoms with E-state index in [9.17, 15) is 4.79 Å². The van der Waals surface area contributed by atoms with Crippen molar-refractivity contribution in [2.45, 2.75) is 44.9 Å². The maximum Gasteiger partial charge on any atom is 0.317 e. The van der Waals surface area contributed by atoms with Crippen molar-refractivity contribution >= 4 is 17.4 Å². The maximum atomic E-state index is 12.3. The van der Waals surface area contributed by atoms with E-state index in [4.69, 9.17) is 9.84 Å². The number of nitrogens with zero attached hydrogens (tertiary/aromatic N) is 1. The molecule has 1 aliphatic rings. The highest BCUT2D eigenvalue weighted by atomic mass is 32.1. The van der Waals surface area contributed by atoms with Crippen molar-refractivity contribution in [3.63, 3.8) is 0 Å². The number of urea groups is 1. The predicted molar refractivity (Wildman–Crippen MR) is 83.5 cm³/mol. The number of nitrogens with one attached hydrogen (secondary N) is 1. The minimum atomic E-state index is -0.0455. The third-order valence-electron chi connectivity index (χ3n) is 3.63. The lowest BCUT2D eigenvalue weighted by atomic mass is 10.1. The van der Waals surface area contributed by atoms with E-state index < -0.39 is 0 Å². The molecule has 1 aliphatic heterocycles. The van der Waals surface area contributed by atoms with Gasteiger partial charge in [0.1, 0.15) is 6.10 Å². The summed E-state index contributed by atoms with van der Waals surface area (Å²) in [4.78, 5) is 14.2. The average molecular weight is 312 g/mol. The van der Waals surface area contributed by atoms with Gasteiger partial charge in [-0.15, -0.1) is 0 Å². The van der Waals surface area contributed by atoms with Crippen LogP contribution < -0.4 is 5.32 Å². The summed E-state index contributed by atoms with van der Waals surface area (Å²) in [5.74, 6) is 0. The molecule has 3 atom stereocenters. The Morgan fingerprint density at radius 2 is 2.43 bits per heavy atom. The first-order valence-electron chi connectivity index (χ1n) is 7.44. The molecule has 0 radical (unpaired) electrons. The zero-order valence-electron chi connectivity index (χ0n) is 12.6. The molecule has 0 bridgehead atoms. The number of thiophene rings is 1. The smallest absolute Gasteiger partial charge is 0.317 e. The van der Waals surface area contributed by atoms with E-state index in [-0.39, 0.29) is 30.9 Å². The lowest BCUT2D eigenvalue weighted by Gasteiger charge is -2.37. The number of carbonyl (C=O) groups excluding carboxylic acids is 1. The molecule has 1 fully saturated rings. The first-order chi connectivity index (χ1) is 10.1. The Morgan fingerprint density at radius 3 is 3.10 bits per heavy atom. The number of ether oxygens (including phenoxy) is 1. The highest BCUT2D eigenvalue weighted by molar-refractivity contribution is 7.07. The Balaban J connectivity index is 1.91. The summed E-state index contributed by atoms with van der Waals surface area (Å²) in [6.45, 7) is 5.32. The molecule has 1 saturated heterocycles. The molecule has 0 aliphatic carbocycles. The lowest BCUT2D eigenvalue weighted by molar-refractivity contribution is -0.0657. The number of aliphatic hydroxyl groups is 1. The summed E-state index contributed by atoms with van der Waals surface area (Å²) in [6, 6.07) is 2.08. The summed E-state index contributed by atoms with van der Waals surface area (Å²) in [5.41, 5.74) is 1.14. The van der Waals surface area contributed by atoms with Crippen LogP contribution >= 0.6 is 11.3 Å². The molecule has 0 spiro atoms. The SMILES string of the molecule is CC(CCCO)NC(=O)N1CC(C)OC(c2ccsc2)C1. The van der Waals surface area contributed by atoms with Crippen molar-refractivity contribution < 1.29 is 14.6 Å². The van der Waals surface area contributed by atoms with Crippen molar-refractivity contribution in [2.24, 2.45) is 0 Å². The van der Waals surface area contributed by atoms with Gasteiger partial charge in [-0.1, -0.05) is 0 Å². The van der Waals surface area contributed by atoms with Crippen LogP contribution in [0.4, 0.5) is 4.79 Å². The summed E-state index contributed by atoms with van der Waals surface area (Å²) in [6.07, 6.45) is 1.48. The Labute approximate surface area is 129 Å². The highest BCUT2D eigenvalue weighted by Gasteiger charge is 2.29. The summed E-state index contributed by atoms with van der Waals surface area (Å²) < 4.78 is 5.93. The molecular formula is C15H24N2O3S. The molecule has 1 aromatic rings. The number of hydrogen-bond acceptors (Lipinski definition) is 4. The zero-order chi connectivity index (χ0) is 15.2. The number of rotatable bonds is 5. The van der Waals surface area contributed by atoms with Gasteiger partial charge >= 0.3 is 6.03 Å². The second kappa shape index (κ2) is 7.77. The topological polar surface area (TPSA) is 61.8 Å². The van der Waals surface area contributed by atoms with Crippen molar-refractivity contribution in [3.05, 3.63) is 22.4 Å². The van der Waals surface area contributed by atoms with Gasteiger partial charge in [-0.05, 0) is 49.1 Å². The molecule has 0 aromatic carbocycles. The highest BCUT2D eigenvalue weighted by Crippen LogP contribution is 2.26. The summed E-state index contributed by atoms with van der Waals surface area (Å²) in [5, 5.41) is 15.9. The number of morpholine rings is 1. The first kappa shape index (κ1) is 16.3. The van der Waals surface area contributed by atoms with Crippen LogP contribution in [0, 0.1) is 0 Å². The molecular weight excluding hydrogens is 288 g/mol. The largest absolute Gasteiger partial charge is 0.396 e. The van der Waals surface area contributed by atoms with Crippen LogP contribution in [-0.4, -0.2) is 47.9 Å². The van der Waals surface area contributed by atoms with Crippen LogP contribution in [0.1, 0.15) is 38.4 Å². The Kier molecular flexibility index (Phi) is 6.02. The molecule has 2 N–H and O–H groups in total. The molecule has 5 nitrogen and oxygen atoms in total. The van der Waals surface area contributed by atoms with Crippen molar-refractivity contribution in [3.8, 4) is 0 Å². The van der Waals surface area contributed by atoms with Crippen molar-refractivity contribution in [2.75, 3.05) is 19.7 Å². The van der Waals surface area contributed by atoms with Gasteiger partial charge in [-0.3, -0.25) is 0 Å². The van der Waals surface area contributed by atoms with Crippen LogP contribution in [0.15, 0.2) is 16.8 Å². The number of amides is 2. The molecule has 21 heavy (non-hydrogen) atoms. The van der Waals surface area contributed by atoms with Crippen LogP contribution in [0.25, 0.3) is 0 Å². The van der Waals surface area contributed by atoms with Crippen molar-refractivity contribution in [1.82, 2.24) is 10.2 Å². The molecule has 2 rings (SSSR count). The van der Waals surface area contributed by atoms with E-state index in [2.05, 4.69) is 10.7 Å². The fourth-order valence-corrected chi connectivity index (χ4v) is 3.23.